The summed E-state index contributed by atoms with van der Waals surface area (Å²) in [7, 11) is 0. The van der Waals surface area contributed by atoms with Crippen molar-refractivity contribution in [2.24, 2.45) is 0 Å². The Hall–Kier alpha value is -0.770. The largest absolute Gasteiger partial charge is 0.388 e. The third-order valence-corrected chi connectivity index (χ3v) is 3.80. The van der Waals surface area contributed by atoms with E-state index in [1.54, 1.807) is 0 Å². The van der Waals surface area contributed by atoms with Gasteiger partial charge in [0, 0.05) is 12.6 Å². The fourth-order valence-corrected chi connectivity index (χ4v) is 2.49. The number of amides is 2. The molecule has 16 heavy (non-hydrogen) atoms. The molecule has 0 unspecified atom stereocenters. The molecule has 4 heteroatoms. The lowest BCUT2D eigenvalue weighted by Crippen LogP contribution is -2.51. The second-order valence-corrected chi connectivity index (χ2v) is 5.24. The van der Waals surface area contributed by atoms with Crippen molar-refractivity contribution in [1.82, 2.24) is 10.6 Å². The maximum atomic E-state index is 11.6. The average molecular weight is 226 g/mol. The molecule has 0 atom stereocenters. The molecule has 2 saturated carbocycles. The Morgan fingerprint density at radius 2 is 1.88 bits per heavy atom. The Balaban J connectivity index is 1.63. The van der Waals surface area contributed by atoms with E-state index in [0.717, 1.165) is 32.1 Å². The van der Waals surface area contributed by atoms with Gasteiger partial charge in [-0.3, -0.25) is 0 Å². The van der Waals surface area contributed by atoms with Crippen LogP contribution in [0.3, 0.4) is 0 Å². The minimum absolute atomic E-state index is 0.118. The second kappa shape index (κ2) is 5.04. The molecule has 0 aliphatic heterocycles. The van der Waals surface area contributed by atoms with Crippen LogP contribution < -0.4 is 10.6 Å². The van der Waals surface area contributed by atoms with E-state index in [-0.39, 0.29) is 6.03 Å². The maximum absolute atomic E-state index is 11.6. The average Bonchev–Trinajstić information content (AvgIpc) is 2.25. The van der Waals surface area contributed by atoms with E-state index in [4.69, 9.17) is 0 Å². The summed E-state index contributed by atoms with van der Waals surface area (Å²) in [5.74, 6) is 0. The molecule has 3 N–H and O–H groups in total. The van der Waals surface area contributed by atoms with E-state index in [0.29, 0.717) is 12.6 Å². The minimum Gasteiger partial charge on any atom is -0.388 e. The van der Waals surface area contributed by atoms with Crippen molar-refractivity contribution in [3.05, 3.63) is 0 Å². The van der Waals surface area contributed by atoms with Crippen LogP contribution >= 0.6 is 0 Å². The molecule has 0 aromatic heterocycles. The summed E-state index contributed by atoms with van der Waals surface area (Å²) in [6.07, 6.45) is 8.62. The van der Waals surface area contributed by atoms with Crippen molar-refractivity contribution in [2.45, 2.75) is 63.0 Å². The molecule has 0 aromatic rings. The molecule has 0 aromatic carbocycles. The van der Waals surface area contributed by atoms with Crippen LogP contribution in [0.2, 0.25) is 0 Å². The highest BCUT2D eigenvalue weighted by molar-refractivity contribution is 5.74. The number of carbonyl (C=O) groups excluding carboxylic acids is 1. The zero-order chi connectivity index (χ0) is 11.4. The standard InChI is InChI=1S/C12H22N2O2/c15-11(13-9-12(16)7-4-8-12)14-10-5-2-1-3-6-10/h10,16H,1-9H2,(H2,13,14,15). The van der Waals surface area contributed by atoms with Crippen LogP contribution in [0.1, 0.15) is 51.4 Å². The van der Waals surface area contributed by atoms with Gasteiger partial charge in [-0.05, 0) is 32.1 Å². The van der Waals surface area contributed by atoms with Crippen molar-refractivity contribution in [2.75, 3.05) is 6.54 Å². The van der Waals surface area contributed by atoms with Gasteiger partial charge in [-0.25, -0.2) is 4.79 Å². The third-order valence-electron chi connectivity index (χ3n) is 3.80. The van der Waals surface area contributed by atoms with Crippen LogP contribution in [-0.4, -0.2) is 29.3 Å². The van der Waals surface area contributed by atoms with Crippen molar-refractivity contribution in [3.63, 3.8) is 0 Å². The fraction of sp³-hybridized carbons (Fsp3) is 0.917. The molecule has 2 rings (SSSR count). The molecule has 0 heterocycles. The van der Waals surface area contributed by atoms with Crippen LogP contribution in [0.15, 0.2) is 0 Å². The highest BCUT2D eigenvalue weighted by Gasteiger charge is 2.34. The minimum atomic E-state index is -0.621. The first kappa shape index (κ1) is 11.7. The highest BCUT2D eigenvalue weighted by Crippen LogP contribution is 2.30. The number of carbonyl (C=O) groups is 1. The molecule has 2 amide bonds. The van der Waals surface area contributed by atoms with E-state index >= 15 is 0 Å². The van der Waals surface area contributed by atoms with Crippen molar-refractivity contribution < 1.29 is 9.90 Å². The lowest BCUT2D eigenvalue weighted by molar-refractivity contribution is -0.0290. The van der Waals surface area contributed by atoms with E-state index in [1.807, 2.05) is 0 Å². The van der Waals surface area contributed by atoms with Gasteiger partial charge in [0.25, 0.3) is 0 Å². The monoisotopic (exact) mass is 226 g/mol. The van der Waals surface area contributed by atoms with Crippen LogP contribution in [0.5, 0.6) is 0 Å². The van der Waals surface area contributed by atoms with Crippen molar-refractivity contribution in [3.8, 4) is 0 Å². The fourth-order valence-electron chi connectivity index (χ4n) is 2.49. The number of hydrogen-bond donors (Lipinski definition) is 3. The van der Waals surface area contributed by atoms with Gasteiger partial charge < -0.3 is 15.7 Å². The SMILES string of the molecule is O=C(NCC1(O)CCC1)NC1CCCCC1. The van der Waals surface area contributed by atoms with E-state index in [9.17, 15) is 9.90 Å². The third kappa shape index (κ3) is 3.11. The van der Waals surface area contributed by atoms with Crippen LogP contribution in [0, 0.1) is 0 Å². The molecule has 0 spiro atoms. The van der Waals surface area contributed by atoms with Crippen LogP contribution in [0.4, 0.5) is 4.79 Å². The Labute approximate surface area is 96.8 Å². The lowest BCUT2D eigenvalue weighted by atomic mass is 9.80. The summed E-state index contributed by atoms with van der Waals surface area (Å²) >= 11 is 0. The van der Waals surface area contributed by atoms with Crippen LogP contribution in [-0.2, 0) is 0 Å². The van der Waals surface area contributed by atoms with E-state index < -0.39 is 5.60 Å². The second-order valence-electron chi connectivity index (χ2n) is 5.24. The molecule has 2 aliphatic carbocycles. The van der Waals surface area contributed by atoms with Crippen LogP contribution in [0.25, 0.3) is 0 Å². The Bertz CT molecular complexity index is 245. The molecular weight excluding hydrogens is 204 g/mol. The zero-order valence-corrected chi connectivity index (χ0v) is 9.80. The van der Waals surface area contributed by atoms with Crippen molar-refractivity contribution in [1.29, 1.82) is 0 Å². The molecular formula is C12H22N2O2. The molecule has 0 saturated heterocycles. The summed E-state index contributed by atoms with van der Waals surface area (Å²) in [5, 5.41) is 15.6. The van der Waals surface area contributed by atoms with Gasteiger partial charge in [0.1, 0.15) is 0 Å². The summed E-state index contributed by atoms with van der Waals surface area (Å²) in [6.45, 7) is 0.394. The number of aliphatic hydroxyl groups is 1. The lowest BCUT2D eigenvalue weighted by Gasteiger charge is -2.36. The smallest absolute Gasteiger partial charge is 0.315 e. The van der Waals surface area contributed by atoms with Gasteiger partial charge in [0.05, 0.1) is 5.60 Å². The highest BCUT2D eigenvalue weighted by atomic mass is 16.3. The Morgan fingerprint density at radius 1 is 1.19 bits per heavy atom. The quantitative estimate of drug-likeness (QED) is 0.683. The first-order chi connectivity index (χ1) is 7.68. The summed E-state index contributed by atoms with van der Waals surface area (Å²) < 4.78 is 0. The van der Waals surface area contributed by atoms with Gasteiger partial charge >= 0.3 is 6.03 Å². The van der Waals surface area contributed by atoms with E-state index in [2.05, 4.69) is 10.6 Å². The predicted molar refractivity (Wildman–Crippen MR) is 62.2 cm³/mol. The van der Waals surface area contributed by atoms with Crippen molar-refractivity contribution >= 4 is 6.03 Å². The van der Waals surface area contributed by atoms with Gasteiger partial charge in [-0.15, -0.1) is 0 Å². The molecule has 92 valence electrons. The first-order valence-electron chi connectivity index (χ1n) is 6.45. The Morgan fingerprint density at radius 3 is 2.44 bits per heavy atom. The van der Waals surface area contributed by atoms with Gasteiger partial charge in [-0.2, -0.15) is 0 Å². The van der Waals surface area contributed by atoms with E-state index in [1.165, 1.54) is 19.3 Å². The number of urea groups is 1. The predicted octanol–water partition coefficient (Wildman–Crippen LogP) is 1.53. The molecule has 2 aliphatic rings. The zero-order valence-electron chi connectivity index (χ0n) is 9.80. The van der Waals surface area contributed by atoms with Gasteiger partial charge in [0.15, 0.2) is 0 Å². The first-order valence-corrected chi connectivity index (χ1v) is 6.45. The summed E-state index contributed by atoms with van der Waals surface area (Å²) in [5.41, 5.74) is -0.621. The summed E-state index contributed by atoms with van der Waals surface area (Å²) in [6, 6.07) is 0.219. The maximum Gasteiger partial charge on any atom is 0.315 e. The topological polar surface area (TPSA) is 61.4 Å². The van der Waals surface area contributed by atoms with Gasteiger partial charge in [-0.1, -0.05) is 19.3 Å². The number of nitrogens with one attached hydrogen (secondary N) is 2. The summed E-state index contributed by atoms with van der Waals surface area (Å²) in [4.78, 5) is 11.6. The number of rotatable bonds is 3. The molecule has 0 radical (unpaired) electrons. The molecule has 0 bridgehead atoms. The molecule has 2 fully saturated rings. The number of hydrogen-bond acceptors (Lipinski definition) is 2. The van der Waals surface area contributed by atoms with Gasteiger partial charge in [0.2, 0.25) is 0 Å². The molecule has 4 nitrogen and oxygen atoms in total. The normalized spacial score (nSPS) is 24.6. The Kier molecular flexibility index (Phi) is 3.69.